The fraction of sp³-hybridized carbons (Fsp3) is 0. The zero-order valence-corrected chi connectivity index (χ0v) is 80.5. The Morgan fingerprint density at radius 3 is 0.770 bits per heavy atom. The molecular formula is C126H87BCl7N5. The molecule has 0 saturated carbocycles. The highest BCUT2D eigenvalue weighted by Crippen LogP contribution is 2.54. The number of fused-ring (bicyclic) bond motifs is 4. The minimum atomic E-state index is 0.0112. The van der Waals surface area contributed by atoms with E-state index < -0.39 is 0 Å². The maximum Gasteiger partial charge on any atom is 0.252 e. The average Bonchev–Trinajstić information content (AvgIpc) is 0.692. The maximum atomic E-state index is 7.75. The van der Waals surface area contributed by atoms with E-state index in [1.165, 1.54) is 78.1 Å². The molecule has 0 atom stereocenters. The van der Waals surface area contributed by atoms with E-state index in [2.05, 4.69) is 340 Å². The maximum absolute atomic E-state index is 7.75. The summed E-state index contributed by atoms with van der Waals surface area (Å²) in [6, 6.07) is 181. The molecule has 0 aliphatic carbocycles. The average molecular weight is 1930 g/mol. The van der Waals surface area contributed by atoms with Crippen molar-refractivity contribution >= 4 is 184 Å². The standard InChI is InChI=1S/C48H33BN2.C48H33Cl3N2.C18H14ClN.C12H7Cl3/c1-6-16-34(17-7-1)37-26-28-44-42(30-37)49-43-31-38(35-18-8-2-9-19-35)27-29-45(43)51(41-24-14-5-15-25-41)47-33-39(36-20-10-3-11-21-36)32-46(48(47)49)50(44)40-22-12-4-13-23-40;49-42-30-37(34-16-6-1-7-17-34)26-28-44(42)52(40-22-12-4-13-23-40)46-32-39(36-20-10-3-11-21-36)33-47(48(46)51)53(41-24-14-5-15-25-41)45-29-27-38(31-43(45)50)35-18-8-2-9-19-35;19-17-13-15(14-7-3-1-4-8-14)11-12-18(17)20-16-9-5-2-6-10-16;13-10-6-9(7-11(14)12(10)15)8-4-2-1-3-5-8/h1-33H;1-33H;1-13,20H;1-7H. The molecule has 5 nitrogen and oxygen atoms in total. The predicted molar refractivity (Wildman–Crippen MR) is 597 cm³/mol. The SMILES string of the molecule is Clc1cc(-c2ccccc2)cc(Cl)c1Cl.Clc1cc(-c2ccccc2)ccc1N(c1ccccc1)c1cc(-c2ccccc2)cc(N(c2ccccc2)c2ccc(-c3ccccc3)cc2Cl)c1Cl.Clc1cc(-c2ccccc2)ccc1Nc1ccccc1.c1ccc(-c2ccc3c(c2)B2c4cc(-c5ccccc5)ccc4N(c4ccccc4)c4cc(-c5ccccc5)cc(c42)N3c2ccccc2)cc1. The third-order valence-electron chi connectivity index (χ3n) is 24.9. The van der Waals surface area contributed by atoms with Gasteiger partial charge in [0.2, 0.25) is 0 Å². The smallest absolute Gasteiger partial charge is 0.252 e. The van der Waals surface area contributed by atoms with Crippen LogP contribution < -0.4 is 41.3 Å². The first-order chi connectivity index (χ1) is 68.4. The Kier molecular flexibility index (Phi) is 28.0. The molecule has 139 heavy (non-hydrogen) atoms. The highest BCUT2D eigenvalue weighted by Gasteiger charge is 2.44. The Bertz CT molecular complexity index is 7500. The summed E-state index contributed by atoms with van der Waals surface area (Å²) in [7, 11) is 0. The molecule has 2 aliphatic rings. The Morgan fingerprint density at radius 1 is 0.187 bits per heavy atom. The van der Waals surface area contributed by atoms with Crippen LogP contribution in [0, 0.1) is 0 Å². The first kappa shape index (κ1) is 91.5. The van der Waals surface area contributed by atoms with Gasteiger partial charge in [0, 0.05) is 51.2 Å². The number of halogens is 7. The molecule has 2 aliphatic heterocycles. The molecule has 0 saturated heterocycles. The van der Waals surface area contributed by atoms with Gasteiger partial charge < -0.3 is 24.9 Å². The second-order valence-corrected chi connectivity index (χ2v) is 36.4. The molecular weight excluding hydrogens is 1840 g/mol. The number of nitrogens with zero attached hydrogens (tertiary/aromatic N) is 4. The van der Waals surface area contributed by atoms with E-state index in [0.29, 0.717) is 30.1 Å². The van der Waals surface area contributed by atoms with Crippen molar-refractivity contribution in [1.82, 2.24) is 0 Å². The summed E-state index contributed by atoms with van der Waals surface area (Å²) in [5, 5.41) is 7.11. The summed E-state index contributed by atoms with van der Waals surface area (Å²) in [6.45, 7) is 0.0112. The summed E-state index contributed by atoms with van der Waals surface area (Å²) in [6.07, 6.45) is 0. The number of hydrogen-bond donors (Lipinski definition) is 1. The lowest BCUT2D eigenvalue weighted by Crippen LogP contribution is -2.61. The van der Waals surface area contributed by atoms with Crippen LogP contribution in [0.2, 0.25) is 35.2 Å². The first-order valence-electron chi connectivity index (χ1n) is 45.9. The van der Waals surface area contributed by atoms with Crippen molar-refractivity contribution in [1.29, 1.82) is 0 Å². The van der Waals surface area contributed by atoms with Crippen molar-refractivity contribution in [3.63, 3.8) is 0 Å². The van der Waals surface area contributed by atoms with Gasteiger partial charge in [-0.2, -0.15) is 0 Å². The van der Waals surface area contributed by atoms with Gasteiger partial charge in [-0.1, -0.05) is 457 Å². The van der Waals surface area contributed by atoms with E-state index in [0.717, 1.165) is 112 Å². The topological polar surface area (TPSA) is 25.0 Å². The molecule has 0 fully saturated rings. The van der Waals surface area contributed by atoms with Crippen molar-refractivity contribution in [3.8, 4) is 89.0 Å². The van der Waals surface area contributed by atoms with Gasteiger partial charge in [0.1, 0.15) is 0 Å². The lowest BCUT2D eigenvalue weighted by Gasteiger charge is -2.44. The molecule has 21 aromatic rings. The Balaban J connectivity index is 0.000000127. The molecule has 21 aromatic carbocycles. The predicted octanol–water partition coefficient (Wildman–Crippen LogP) is 37.4. The third-order valence-corrected chi connectivity index (χ3v) is 27.4. The zero-order chi connectivity index (χ0) is 94.5. The highest BCUT2D eigenvalue weighted by molar-refractivity contribution is 7.00. The van der Waals surface area contributed by atoms with Crippen molar-refractivity contribution in [2.45, 2.75) is 0 Å². The van der Waals surface area contributed by atoms with Gasteiger partial charge in [0.25, 0.3) is 6.71 Å². The minimum Gasteiger partial charge on any atom is -0.354 e. The van der Waals surface area contributed by atoms with E-state index in [9.17, 15) is 0 Å². The number of hydrogen-bond acceptors (Lipinski definition) is 5. The second kappa shape index (κ2) is 42.5. The van der Waals surface area contributed by atoms with E-state index in [1.807, 2.05) is 206 Å². The number of benzene rings is 21. The molecule has 668 valence electrons. The van der Waals surface area contributed by atoms with Crippen LogP contribution in [0.15, 0.2) is 522 Å². The summed E-state index contributed by atoms with van der Waals surface area (Å²) in [5.41, 5.74) is 35.8. The van der Waals surface area contributed by atoms with Crippen molar-refractivity contribution < 1.29 is 0 Å². The molecule has 0 aromatic heterocycles. The fourth-order valence-corrected chi connectivity index (χ4v) is 19.9. The van der Waals surface area contributed by atoms with Crippen LogP contribution in [0.3, 0.4) is 0 Å². The zero-order valence-electron chi connectivity index (χ0n) is 75.2. The highest BCUT2D eigenvalue weighted by atomic mass is 35.5. The normalized spacial score (nSPS) is 11.4. The molecule has 13 heteroatoms. The number of para-hydroxylation sites is 5. The van der Waals surface area contributed by atoms with E-state index in [4.69, 9.17) is 81.2 Å². The van der Waals surface area contributed by atoms with Gasteiger partial charge in [0.05, 0.1) is 63.6 Å². The Morgan fingerprint density at radius 2 is 0.446 bits per heavy atom. The third kappa shape index (κ3) is 20.2. The molecule has 0 bridgehead atoms. The molecule has 0 spiro atoms. The molecule has 23 rings (SSSR count). The lowest BCUT2D eigenvalue weighted by atomic mass is 9.33. The van der Waals surface area contributed by atoms with Gasteiger partial charge >= 0.3 is 0 Å². The van der Waals surface area contributed by atoms with Crippen LogP contribution in [0.25, 0.3) is 89.0 Å². The van der Waals surface area contributed by atoms with E-state index >= 15 is 0 Å². The Labute approximate surface area is 847 Å². The summed E-state index contributed by atoms with van der Waals surface area (Å²) in [5.74, 6) is 0. The van der Waals surface area contributed by atoms with E-state index in [1.54, 1.807) is 0 Å². The molecule has 0 amide bonds. The molecule has 1 N–H and O–H groups in total. The van der Waals surface area contributed by atoms with Gasteiger partial charge in [-0.15, -0.1) is 0 Å². The summed E-state index contributed by atoms with van der Waals surface area (Å²) < 4.78 is 0. The lowest BCUT2D eigenvalue weighted by molar-refractivity contribution is 1.25. The van der Waals surface area contributed by atoms with Gasteiger partial charge in [-0.3, -0.25) is 0 Å². The molecule has 0 radical (unpaired) electrons. The second-order valence-electron chi connectivity index (χ2n) is 33.6. The van der Waals surface area contributed by atoms with Crippen molar-refractivity contribution in [2.24, 2.45) is 0 Å². The van der Waals surface area contributed by atoms with Gasteiger partial charge in [-0.25, -0.2) is 0 Å². The largest absolute Gasteiger partial charge is 0.354 e. The summed E-state index contributed by atoms with van der Waals surface area (Å²) >= 11 is 46.4. The Hall–Kier alpha value is -15.3. The summed E-state index contributed by atoms with van der Waals surface area (Å²) in [4.78, 5) is 9.25. The monoisotopic (exact) mass is 1930 g/mol. The van der Waals surface area contributed by atoms with Gasteiger partial charge in [-0.05, 0) is 251 Å². The van der Waals surface area contributed by atoms with Crippen LogP contribution in [0.4, 0.5) is 79.6 Å². The number of anilines is 14. The van der Waals surface area contributed by atoms with Crippen molar-refractivity contribution in [2.75, 3.05) is 24.9 Å². The number of nitrogens with one attached hydrogen (secondary N) is 1. The molecule has 0 unspecified atom stereocenters. The minimum absolute atomic E-state index is 0.0112. The van der Waals surface area contributed by atoms with Crippen LogP contribution in [-0.4, -0.2) is 6.71 Å². The van der Waals surface area contributed by atoms with E-state index in [-0.39, 0.29) is 6.71 Å². The van der Waals surface area contributed by atoms with Crippen LogP contribution in [0.5, 0.6) is 0 Å². The first-order valence-corrected chi connectivity index (χ1v) is 48.5. The van der Waals surface area contributed by atoms with Crippen LogP contribution >= 0.6 is 81.2 Å². The van der Waals surface area contributed by atoms with Gasteiger partial charge in [0.15, 0.2) is 0 Å². The van der Waals surface area contributed by atoms with Crippen LogP contribution in [-0.2, 0) is 0 Å². The molecule has 2 heterocycles. The fourth-order valence-electron chi connectivity index (χ4n) is 18.3. The number of rotatable bonds is 18. The van der Waals surface area contributed by atoms with Crippen molar-refractivity contribution in [3.05, 3.63) is 557 Å². The van der Waals surface area contributed by atoms with Crippen LogP contribution in [0.1, 0.15) is 0 Å². The quantitative estimate of drug-likeness (QED) is 0.0682.